The van der Waals surface area contributed by atoms with Gasteiger partial charge in [0.25, 0.3) is 5.91 Å². The maximum absolute atomic E-state index is 14.1. The first-order valence-electron chi connectivity index (χ1n) is 10.2. The lowest BCUT2D eigenvalue weighted by molar-refractivity contribution is 0.0684. The monoisotopic (exact) mass is 431 g/mol. The summed E-state index contributed by atoms with van der Waals surface area (Å²) in [5.41, 5.74) is 2.82. The van der Waals surface area contributed by atoms with Crippen LogP contribution in [0.4, 0.5) is 8.78 Å². The summed E-state index contributed by atoms with van der Waals surface area (Å²) in [5.74, 6) is -1.73. The van der Waals surface area contributed by atoms with E-state index < -0.39 is 17.0 Å². The SMILES string of the molecule is CC1(c2cccnc2)CN(C(=O)c2cc(-c3ccc(F)cc3F)on2)Cc2ccccc21. The van der Waals surface area contributed by atoms with E-state index >= 15 is 0 Å². The maximum atomic E-state index is 14.1. The molecule has 1 atom stereocenters. The maximum Gasteiger partial charge on any atom is 0.276 e. The molecule has 32 heavy (non-hydrogen) atoms. The molecule has 1 unspecified atom stereocenters. The molecule has 3 heterocycles. The molecule has 0 fully saturated rings. The number of carbonyl (C=O) groups is 1. The number of amides is 1. The Morgan fingerprint density at radius 2 is 1.94 bits per heavy atom. The zero-order valence-corrected chi connectivity index (χ0v) is 17.3. The van der Waals surface area contributed by atoms with Crippen LogP contribution in [0.25, 0.3) is 11.3 Å². The normalized spacial score (nSPS) is 17.8. The average molecular weight is 431 g/mol. The van der Waals surface area contributed by atoms with Gasteiger partial charge in [0.05, 0.1) is 5.56 Å². The summed E-state index contributed by atoms with van der Waals surface area (Å²) in [6.07, 6.45) is 3.53. The predicted octanol–water partition coefficient (Wildman–Crippen LogP) is 4.98. The largest absolute Gasteiger partial charge is 0.355 e. The first-order valence-corrected chi connectivity index (χ1v) is 10.2. The Morgan fingerprint density at radius 1 is 1.09 bits per heavy atom. The molecule has 5 nitrogen and oxygen atoms in total. The Morgan fingerprint density at radius 3 is 2.72 bits per heavy atom. The number of rotatable bonds is 3. The molecule has 160 valence electrons. The highest BCUT2D eigenvalue weighted by Gasteiger charge is 2.39. The molecule has 2 aromatic heterocycles. The molecule has 0 bridgehead atoms. The van der Waals surface area contributed by atoms with Gasteiger partial charge in [0.15, 0.2) is 11.5 Å². The van der Waals surface area contributed by atoms with Crippen molar-refractivity contribution in [3.63, 3.8) is 0 Å². The third-order valence-electron chi connectivity index (χ3n) is 5.99. The zero-order valence-electron chi connectivity index (χ0n) is 17.3. The van der Waals surface area contributed by atoms with Gasteiger partial charge in [0.2, 0.25) is 0 Å². The number of nitrogens with zero attached hydrogens (tertiary/aromatic N) is 3. The number of hydrogen-bond acceptors (Lipinski definition) is 4. The Labute approximate surface area is 183 Å². The van der Waals surface area contributed by atoms with Crippen molar-refractivity contribution in [2.45, 2.75) is 18.9 Å². The fraction of sp³-hybridized carbons (Fsp3) is 0.160. The Balaban J connectivity index is 1.49. The molecule has 0 spiro atoms. The van der Waals surface area contributed by atoms with Crippen molar-refractivity contribution >= 4 is 5.91 Å². The Bertz CT molecular complexity index is 1310. The zero-order chi connectivity index (χ0) is 22.3. The molecule has 5 rings (SSSR count). The summed E-state index contributed by atoms with van der Waals surface area (Å²) < 4.78 is 32.6. The van der Waals surface area contributed by atoms with Crippen LogP contribution in [-0.4, -0.2) is 27.5 Å². The standard InChI is InChI=1S/C25H19F2N3O2/c1-25(17-6-4-10-28-13-17)15-30(14-16-5-2-3-7-20(16)25)24(31)22-12-23(32-29-22)19-9-8-18(26)11-21(19)27/h2-13H,14-15H2,1H3. The van der Waals surface area contributed by atoms with E-state index in [1.807, 2.05) is 36.5 Å². The molecular weight excluding hydrogens is 412 g/mol. The quantitative estimate of drug-likeness (QED) is 0.459. The molecule has 1 aliphatic rings. The van der Waals surface area contributed by atoms with Gasteiger partial charge in [-0.15, -0.1) is 0 Å². The number of fused-ring (bicyclic) bond motifs is 1. The molecule has 0 aliphatic carbocycles. The number of benzene rings is 2. The lowest BCUT2D eigenvalue weighted by Gasteiger charge is -2.42. The second-order valence-electron chi connectivity index (χ2n) is 8.09. The van der Waals surface area contributed by atoms with E-state index in [0.29, 0.717) is 13.1 Å². The third-order valence-corrected chi connectivity index (χ3v) is 5.99. The van der Waals surface area contributed by atoms with Crippen molar-refractivity contribution < 1.29 is 18.1 Å². The highest BCUT2D eigenvalue weighted by atomic mass is 19.1. The summed E-state index contributed by atoms with van der Waals surface area (Å²) in [4.78, 5) is 19.3. The molecule has 0 N–H and O–H groups in total. The van der Waals surface area contributed by atoms with Crippen LogP contribution >= 0.6 is 0 Å². The van der Waals surface area contributed by atoms with E-state index in [0.717, 1.165) is 28.8 Å². The van der Waals surface area contributed by atoms with Crippen LogP contribution in [0.2, 0.25) is 0 Å². The van der Waals surface area contributed by atoms with Crippen LogP contribution in [0.5, 0.6) is 0 Å². The highest BCUT2D eigenvalue weighted by Crippen LogP contribution is 2.39. The van der Waals surface area contributed by atoms with E-state index in [4.69, 9.17) is 4.52 Å². The van der Waals surface area contributed by atoms with E-state index in [2.05, 4.69) is 23.1 Å². The van der Waals surface area contributed by atoms with Gasteiger partial charge in [-0.05, 0) is 41.8 Å². The van der Waals surface area contributed by atoms with Crippen LogP contribution in [0.15, 0.2) is 77.6 Å². The number of pyridine rings is 1. The summed E-state index contributed by atoms with van der Waals surface area (Å²) in [6.45, 7) is 2.92. The smallest absolute Gasteiger partial charge is 0.276 e. The molecule has 4 aromatic rings. The van der Waals surface area contributed by atoms with Gasteiger partial charge in [-0.2, -0.15) is 0 Å². The number of halogens is 2. The first-order chi connectivity index (χ1) is 15.5. The molecule has 2 aromatic carbocycles. The van der Waals surface area contributed by atoms with Crippen molar-refractivity contribution in [1.29, 1.82) is 0 Å². The van der Waals surface area contributed by atoms with Gasteiger partial charge >= 0.3 is 0 Å². The minimum absolute atomic E-state index is 0.0436. The first kappa shape index (κ1) is 20.1. The Kier molecular flexibility index (Phi) is 4.81. The van der Waals surface area contributed by atoms with Gasteiger partial charge in [-0.3, -0.25) is 9.78 Å². The summed E-state index contributed by atoms with van der Waals surface area (Å²) >= 11 is 0. The summed E-state index contributed by atoms with van der Waals surface area (Å²) in [6, 6.07) is 16.4. The van der Waals surface area contributed by atoms with Crippen molar-refractivity contribution in [3.05, 3.63) is 107 Å². The lowest BCUT2D eigenvalue weighted by atomic mass is 9.72. The van der Waals surface area contributed by atoms with Crippen LogP contribution in [-0.2, 0) is 12.0 Å². The molecule has 0 saturated carbocycles. The van der Waals surface area contributed by atoms with E-state index in [1.54, 1.807) is 11.1 Å². The van der Waals surface area contributed by atoms with Gasteiger partial charge in [0, 0.05) is 43.0 Å². The van der Waals surface area contributed by atoms with Crippen LogP contribution < -0.4 is 0 Å². The second kappa shape index (κ2) is 7.67. The van der Waals surface area contributed by atoms with Crippen LogP contribution in [0, 0.1) is 11.6 Å². The summed E-state index contributed by atoms with van der Waals surface area (Å²) in [7, 11) is 0. The van der Waals surface area contributed by atoms with Gasteiger partial charge < -0.3 is 9.42 Å². The predicted molar refractivity (Wildman–Crippen MR) is 114 cm³/mol. The minimum atomic E-state index is -0.781. The van der Waals surface area contributed by atoms with Gasteiger partial charge in [-0.25, -0.2) is 8.78 Å². The average Bonchev–Trinajstić information content (AvgIpc) is 3.29. The van der Waals surface area contributed by atoms with Crippen molar-refractivity contribution in [2.24, 2.45) is 0 Å². The van der Waals surface area contributed by atoms with E-state index in [9.17, 15) is 13.6 Å². The molecular formula is C25H19F2N3O2. The van der Waals surface area contributed by atoms with E-state index in [-0.39, 0.29) is 22.9 Å². The highest BCUT2D eigenvalue weighted by molar-refractivity contribution is 5.93. The molecule has 0 saturated heterocycles. The number of carbonyl (C=O) groups excluding carboxylic acids is 1. The van der Waals surface area contributed by atoms with Gasteiger partial charge in [0.1, 0.15) is 11.6 Å². The molecule has 7 heteroatoms. The topological polar surface area (TPSA) is 59.2 Å². The third kappa shape index (κ3) is 3.36. The molecule has 1 aliphatic heterocycles. The fourth-order valence-corrected chi connectivity index (χ4v) is 4.36. The minimum Gasteiger partial charge on any atom is -0.355 e. The van der Waals surface area contributed by atoms with Crippen molar-refractivity contribution in [2.75, 3.05) is 6.54 Å². The van der Waals surface area contributed by atoms with Gasteiger partial charge in [-0.1, -0.05) is 35.5 Å². The van der Waals surface area contributed by atoms with Crippen LogP contribution in [0.3, 0.4) is 0 Å². The summed E-state index contributed by atoms with van der Waals surface area (Å²) in [5, 5.41) is 3.87. The van der Waals surface area contributed by atoms with Crippen molar-refractivity contribution in [1.82, 2.24) is 15.0 Å². The Hall–Kier alpha value is -3.87. The van der Waals surface area contributed by atoms with E-state index in [1.165, 1.54) is 12.1 Å². The van der Waals surface area contributed by atoms with Crippen molar-refractivity contribution in [3.8, 4) is 11.3 Å². The second-order valence-corrected chi connectivity index (χ2v) is 8.09. The van der Waals surface area contributed by atoms with Crippen LogP contribution in [0.1, 0.15) is 34.1 Å². The lowest BCUT2D eigenvalue weighted by Crippen LogP contribution is -2.47. The fourth-order valence-electron chi connectivity index (χ4n) is 4.36. The number of hydrogen-bond donors (Lipinski definition) is 0. The number of aromatic nitrogens is 2. The molecule has 1 amide bonds. The molecule has 0 radical (unpaired) electrons.